The number of amides is 1. The zero-order valence-electron chi connectivity index (χ0n) is 10.2. The molecule has 0 radical (unpaired) electrons. The van der Waals surface area contributed by atoms with Crippen LogP contribution in [0, 0.1) is 5.92 Å². The predicted molar refractivity (Wildman–Crippen MR) is 63.9 cm³/mol. The molecular formula is C11H21NO3S. The molecule has 0 saturated heterocycles. The Bertz CT molecular complexity index is 342. The molecule has 1 rings (SSSR count). The topological polar surface area (TPSA) is 63.2 Å². The van der Waals surface area contributed by atoms with E-state index in [-0.39, 0.29) is 11.9 Å². The van der Waals surface area contributed by atoms with E-state index >= 15 is 0 Å². The first-order valence-electron chi connectivity index (χ1n) is 5.80. The fourth-order valence-corrected chi connectivity index (χ4v) is 2.37. The van der Waals surface area contributed by atoms with Gasteiger partial charge in [-0.15, -0.1) is 0 Å². The molecular weight excluding hydrogens is 226 g/mol. The van der Waals surface area contributed by atoms with Gasteiger partial charge in [0.05, 0.1) is 0 Å². The van der Waals surface area contributed by atoms with Crippen molar-refractivity contribution in [2.24, 2.45) is 5.92 Å². The minimum Gasteiger partial charge on any atom is -0.352 e. The van der Waals surface area contributed by atoms with Gasteiger partial charge in [-0.2, -0.15) is 0 Å². The molecule has 4 nitrogen and oxygen atoms in total. The summed E-state index contributed by atoms with van der Waals surface area (Å²) in [6, 6.07) is 0.160. The smallest absolute Gasteiger partial charge is 0.238 e. The van der Waals surface area contributed by atoms with Crippen molar-refractivity contribution in [3.05, 3.63) is 0 Å². The number of carbonyl (C=O) groups excluding carboxylic acids is 1. The van der Waals surface area contributed by atoms with Gasteiger partial charge in [-0.05, 0) is 38.5 Å². The maximum Gasteiger partial charge on any atom is 0.238 e. The number of rotatable bonds is 3. The molecule has 0 aliphatic heterocycles. The van der Waals surface area contributed by atoms with Crippen molar-refractivity contribution >= 4 is 15.7 Å². The van der Waals surface area contributed by atoms with E-state index in [9.17, 15) is 13.2 Å². The van der Waals surface area contributed by atoms with E-state index in [1.807, 2.05) is 0 Å². The molecule has 1 aliphatic rings. The largest absolute Gasteiger partial charge is 0.352 e. The second-order valence-corrected chi connectivity index (χ2v) is 7.30. The molecule has 0 aromatic heterocycles. The number of hydrogen-bond donors (Lipinski definition) is 1. The molecule has 1 fully saturated rings. The van der Waals surface area contributed by atoms with E-state index in [1.165, 1.54) is 6.92 Å². The lowest BCUT2D eigenvalue weighted by molar-refractivity contribution is -0.121. The van der Waals surface area contributed by atoms with Crippen molar-refractivity contribution in [1.82, 2.24) is 5.32 Å². The normalized spacial score (nSPS) is 28.4. The molecule has 0 aromatic carbocycles. The molecule has 94 valence electrons. The van der Waals surface area contributed by atoms with Crippen LogP contribution in [0.4, 0.5) is 0 Å². The average Bonchev–Trinajstić information content (AvgIpc) is 2.19. The van der Waals surface area contributed by atoms with E-state index < -0.39 is 15.1 Å². The summed E-state index contributed by atoms with van der Waals surface area (Å²) in [7, 11) is -3.28. The molecule has 1 atom stereocenters. The Labute approximate surface area is 97.7 Å². The molecule has 0 heterocycles. The van der Waals surface area contributed by atoms with E-state index in [1.54, 1.807) is 0 Å². The quantitative estimate of drug-likeness (QED) is 0.812. The minimum atomic E-state index is -3.28. The van der Waals surface area contributed by atoms with Crippen LogP contribution in [-0.4, -0.2) is 31.9 Å². The van der Waals surface area contributed by atoms with Crippen LogP contribution in [0.3, 0.4) is 0 Å². The molecule has 0 spiro atoms. The summed E-state index contributed by atoms with van der Waals surface area (Å²) in [5.41, 5.74) is 0. The summed E-state index contributed by atoms with van der Waals surface area (Å²) >= 11 is 0. The van der Waals surface area contributed by atoms with Crippen LogP contribution in [-0.2, 0) is 14.6 Å². The fraction of sp³-hybridized carbons (Fsp3) is 0.909. The highest BCUT2D eigenvalue weighted by Gasteiger charge is 2.27. The van der Waals surface area contributed by atoms with Crippen molar-refractivity contribution in [3.63, 3.8) is 0 Å². The second-order valence-electron chi connectivity index (χ2n) is 4.94. The number of sulfone groups is 1. The summed E-state index contributed by atoms with van der Waals surface area (Å²) in [4.78, 5) is 11.6. The van der Waals surface area contributed by atoms with Crippen LogP contribution in [0.15, 0.2) is 0 Å². The van der Waals surface area contributed by atoms with Crippen LogP contribution in [0.5, 0.6) is 0 Å². The Morgan fingerprint density at radius 2 is 1.75 bits per heavy atom. The Morgan fingerprint density at radius 3 is 2.19 bits per heavy atom. The van der Waals surface area contributed by atoms with Crippen molar-refractivity contribution in [2.45, 2.75) is 50.8 Å². The van der Waals surface area contributed by atoms with Crippen LogP contribution < -0.4 is 5.32 Å². The average molecular weight is 247 g/mol. The van der Waals surface area contributed by atoms with Gasteiger partial charge < -0.3 is 5.32 Å². The minimum absolute atomic E-state index is 0.160. The van der Waals surface area contributed by atoms with Gasteiger partial charge in [0, 0.05) is 12.3 Å². The van der Waals surface area contributed by atoms with E-state index in [0.717, 1.165) is 37.9 Å². The van der Waals surface area contributed by atoms with Gasteiger partial charge in [0.1, 0.15) is 5.25 Å². The highest BCUT2D eigenvalue weighted by molar-refractivity contribution is 7.92. The number of hydrogen-bond acceptors (Lipinski definition) is 3. The predicted octanol–water partition coefficient (Wildman–Crippen LogP) is 1.11. The van der Waals surface area contributed by atoms with Gasteiger partial charge in [0.15, 0.2) is 9.84 Å². The monoisotopic (exact) mass is 247 g/mol. The van der Waals surface area contributed by atoms with Crippen LogP contribution >= 0.6 is 0 Å². The van der Waals surface area contributed by atoms with Gasteiger partial charge in [-0.3, -0.25) is 4.79 Å². The molecule has 5 heteroatoms. The zero-order chi connectivity index (χ0) is 12.3. The lowest BCUT2D eigenvalue weighted by Crippen LogP contribution is -2.44. The Kier molecular flexibility index (Phi) is 4.35. The van der Waals surface area contributed by atoms with Gasteiger partial charge in [0.25, 0.3) is 0 Å². The van der Waals surface area contributed by atoms with Crippen molar-refractivity contribution in [2.75, 3.05) is 6.26 Å². The molecule has 16 heavy (non-hydrogen) atoms. The van der Waals surface area contributed by atoms with Gasteiger partial charge in [-0.1, -0.05) is 6.92 Å². The van der Waals surface area contributed by atoms with E-state index in [2.05, 4.69) is 12.2 Å². The lowest BCUT2D eigenvalue weighted by Gasteiger charge is -2.27. The molecule has 1 saturated carbocycles. The summed E-state index contributed by atoms with van der Waals surface area (Å²) in [6.45, 7) is 3.65. The summed E-state index contributed by atoms with van der Waals surface area (Å²) in [6.07, 6.45) is 5.24. The molecule has 1 amide bonds. The van der Waals surface area contributed by atoms with Crippen LogP contribution in [0.1, 0.15) is 39.5 Å². The van der Waals surface area contributed by atoms with E-state index in [0.29, 0.717) is 0 Å². The Morgan fingerprint density at radius 1 is 1.25 bits per heavy atom. The maximum atomic E-state index is 11.6. The molecule has 0 unspecified atom stereocenters. The number of carbonyl (C=O) groups is 1. The molecule has 1 aliphatic carbocycles. The highest BCUT2D eigenvalue weighted by Crippen LogP contribution is 2.23. The van der Waals surface area contributed by atoms with Crippen LogP contribution in [0.25, 0.3) is 0 Å². The molecule has 0 aromatic rings. The SMILES string of the molecule is CC1CCC(NC(=O)[C@H](C)S(C)(=O)=O)CC1. The zero-order valence-corrected chi connectivity index (χ0v) is 11.0. The number of nitrogens with one attached hydrogen (secondary N) is 1. The van der Waals surface area contributed by atoms with Gasteiger partial charge in [-0.25, -0.2) is 8.42 Å². The molecule has 0 bridgehead atoms. The third kappa shape index (κ3) is 3.77. The Hall–Kier alpha value is -0.580. The second kappa shape index (κ2) is 5.17. The van der Waals surface area contributed by atoms with Crippen LogP contribution in [0.2, 0.25) is 0 Å². The first-order chi connectivity index (χ1) is 7.30. The summed E-state index contributed by atoms with van der Waals surface area (Å²) in [5.74, 6) is 0.363. The first kappa shape index (κ1) is 13.5. The third-order valence-corrected chi connectivity index (χ3v) is 4.87. The standard InChI is InChI=1S/C11H21NO3S/c1-8-4-6-10(7-5-8)12-11(13)9(2)16(3,14)15/h8-10H,4-7H2,1-3H3,(H,12,13)/t8?,9-,10?/m0/s1. The van der Waals surface area contributed by atoms with Gasteiger partial charge in [0.2, 0.25) is 5.91 Å². The maximum absolute atomic E-state index is 11.6. The third-order valence-electron chi connectivity index (χ3n) is 3.37. The molecule has 1 N–H and O–H groups in total. The first-order valence-corrected chi connectivity index (χ1v) is 7.75. The van der Waals surface area contributed by atoms with E-state index in [4.69, 9.17) is 0 Å². The van der Waals surface area contributed by atoms with Crippen molar-refractivity contribution in [1.29, 1.82) is 0 Å². The van der Waals surface area contributed by atoms with Crippen molar-refractivity contribution < 1.29 is 13.2 Å². The summed E-state index contributed by atoms with van der Waals surface area (Å²) in [5, 5.41) is 1.89. The van der Waals surface area contributed by atoms with Gasteiger partial charge >= 0.3 is 0 Å². The van der Waals surface area contributed by atoms with Crippen molar-refractivity contribution in [3.8, 4) is 0 Å². The summed E-state index contributed by atoms with van der Waals surface area (Å²) < 4.78 is 22.4. The fourth-order valence-electron chi connectivity index (χ4n) is 1.92. The lowest BCUT2D eigenvalue weighted by atomic mass is 9.87. The Balaban J connectivity index is 2.46. The highest BCUT2D eigenvalue weighted by atomic mass is 32.2.